The van der Waals surface area contributed by atoms with Gasteiger partial charge in [-0.3, -0.25) is 0 Å². The molecule has 0 saturated carbocycles. The highest BCUT2D eigenvalue weighted by Crippen LogP contribution is 2.23. The van der Waals surface area contributed by atoms with Crippen molar-refractivity contribution in [3.8, 4) is 34.3 Å². The molecule has 0 aliphatic carbocycles. The quantitative estimate of drug-likeness (QED) is 0.0259. The SMILES string of the molecule is C=CC(=O)OCCCCCCCCCOc1cnc(-c2ccc(CO[C@@H]3OCCO[C@H]3OCc3ccc(-c4ncc(OCCCCCCCCCOC(=O)C=C)cn4)cc3)cc2)nc1. The van der Waals surface area contributed by atoms with E-state index in [0.717, 1.165) is 112 Å². The smallest absolute Gasteiger partial charge is 0.330 e. The first-order valence-corrected chi connectivity index (χ1v) is 22.6. The minimum atomic E-state index is -0.678. The molecule has 0 radical (unpaired) electrons. The number of carbonyl (C=O) groups excluding carboxylic acids is 2. The molecule has 2 aromatic heterocycles. The van der Waals surface area contributed by atoms with Crippen molar-refractivity contribution in [3.63, 3.8) is 0 Å². The number of aromatic nitrogens is 4. The van der Waals surface area contributed by atoms with Gasteiger partial charge in [0.2, 0.25) is 12.6 Å². The van der Waals surface area contributed by atoms with E-state index in [1.807, 2.05) is 48.5 Å². The van der Waals surface area contributed by atoms with Crippen LogP contribution in [0.25, 0.3) is 22.8 Å². The van der Waals surface area contributed by atoms with Crippen LogP contribution in [0.1, 0.15) is 101 Å². The van der Waals surface area contributed by atoms with Crippen molar-refractivity contribution in [2.45, 2.75) is 116 Å². The van der Waals surface area contributed by atoms with Gasteiger partial charge in [-0.15, -0.1) is 0 Å². The van der Waals surface area contributed by atoms with E-state index >= 15 is 0 Å². The molecule has 1 aliphatic heterocycles. The van der Waals surface area contributed by atoms with Crippen LogP contribution in [0.3, 0.4) is 0 Å². The molecule has 2 aromatic carbocycles. The molecule has 0 amide bonds. The number of hydrogen-bond donors (Lipinski definition) is 0. The Bertz CT molecular complexity index is 1790. The van der Waals surface area contributed by atoms with Gasteiger partial charge in [-0.25, -0.2) is 29.5 Å². The van der Waals surface area contributed by atoms with Gasteiger partial charge in [0.1, 0.15) is 0 Å². The van der Waals surface area contributed by atoms with Gasteiger partial charge in [0.15, 0.2) is 23.1 Å². The minimum absolute atomic E-state index is 0.313. The van der Waals surface area contributed by atoms with Gasteiger partial charge in [0.05, 0.1) is 77.6 Å². The maximum absolute atomic E-state index is 11.0. The van der Waals surface area contributed by atoms with Crippen LogP contribution in [-0.4, -0.2) is 84.1 Å². The summed E-state index contributed by atoms with van der Waals surface area (Å²) >= 11 is 0. The number of benzene rings is 2. The normalized spacial score (nSPS) is 14.7. The molecular formula is C50H64N4O10. The Morgan fingerprint density at radius 3 is 1.17 bits per heavy atom. The number of rotatable bonds is 32. The third kappa shape index (κ3) is 19.1. The van der Waals surface area contributed by atoms with Crippen molar-refractivity contribution in [3.05, 3.63) is 110 Å². The maximum Gasteiger partial charge on any atom is 0.330 e. The molecule has 2 atom stereocenters. The summed E-state index contributed by atoms with van der Waals surface area (Å²) < 4.78 is 45.7. The largest absolute Gasteiger partial charge is 0.490 e. The van der Waals surface area contributed by atoms with Crippen LogP contribution in [0.15, 0.2) is 98.6 Å². The van der Waals surface area contributed by atoms with Gasteiger partial charge >= 0.3 is 11.9 Å². The van der Waals surface area contributed by atoms with Crippen molar-refractivity contribution >= 4 is 11.9 Å². The van der Waals surface area contributed by atoms with Gasteiger partial charge in [0, 0.05) is 23.3 Å². The van der Waals surface area contributed by atoms with E-state index in [1.165, 1.54) is 12.2 Å². The fraction of sp³-hybridized carbons (Fsp3) is 0.480. The second-order valence-corrected chi connectivity index (χ2v) is 15.4. The number of ether oxygens (including phenoxy) is 8. The van der Waals surface area contributed by atoms with E-state index in [-0.39, 0.29) is 11.9 Å². The monoisotopic (exact) mass is 880 g/mol. The van der Waals surface area contributed by atoms with Crippen LogP contribution in [-0.2, 0) is 51.2 Å². The molecule has 1 saturated heterocycles. The fourth-order valence-corrected chi connectivity index (χ4v) is 6.69. The molecule has 0 bridgehead atoms. The zero-order chi connectivity index (χ0) is 44.9. The first-order valence-electron chi connectivity index (χ1n) is 22.6. The fourth-order valence-electron chi connectivity index (χ4n) is 6.69. The Labute approximate surface area is 377 Å². The van der Waals surface area contributed by atoms with Crippen LogP contribution in [0.2, 0.25) is 0 Å². The first kappa shape index (κ1) is 49.5. The van der Waals surface area contributed by atoms with Crippen LogP contribution < -0.4 is 9.47 Å². The van der Waals surface area contributed by atoms with Gasteiger partial charge in [0.25, 0.3) is 0 Å². The van der Waals surface area contributed by atoms with Crippen LogP contribution in [0.4, 0.5) is 0 Å². The lowest BCUT2D eigenvalue weighted by Gasteiger charge is -2.31. The summed E-state index contributed by atoms with van der Waals surface area (Å²) in [6, 6.07) is 15.8. The van der Waals surface area contributed by atoms with Gasteiger partial charge in [-0.1, -0.05) is 126 Å². The van der Waals surface area contributed by atoms with Crippen molar-refractivity contribution in [2.75, 3.05) is 39.6 Å². The molecule has 5 rings (SSSR count). The molecule has 0 unspecified atom stereocenters. The second-order valence-electron chi connectivity index (χ2n) is 15.4. The lowest BCUT2D eigenvalue weighted by Crippen LogP contribution is -2.41. The van der Waals surface area contributed by atoms with E-state index in [4.69, 9.17) is 37.9 Å². The summed E-state index contributed by atoms with van der Waals surface area (Å²) in [4.78, 5) is 40.1. The van der Waals surface area contributed by atoms with E-state index in [2.05, 4.69) is 33.1 Å². The van der Waals surface area contributed by atoms with E-state index in [1.54, 1.807) is 24.8 Å². The number of nitrogens with zero attached hydrogens (tertiary/aromatic N) is 4. The molecule has 1 aliphatic rings. The van der Waals surface area contributed by atoms with Crippen molar-refractivity contribution in [2.24, 2.45) is 0 Å². The van der Waals surface area contributed by atoms with E-state index < -0.39 is 12.6 Å². The molecule has 0 N–H and O–H groups in total. The average Bonchev–Trinajstić information content (AvgIpc) is 3.34. The summed E-state index contributed by atoms with van der Waals surface area (Å²) in [5.74, 6) is 1.82. The molecule has 344 valence electrons. The third-order valence-electron chi connectivity index (χ3n) is 10.3. The molecule has 14 nitrogen and oxygen atoms in total. The Kier molecular flexibility index (Phi) is 23.0. The Hall–Kier alpha value is -5.54. The molecular weight excluding hydrogens is 817 g/mol. The molecule has 64 heavy (non-hydrogen) atoms. The average molecular weight is 881 g/mol. The van der Waals surface area contributed by atoms with Crippen LogP contribution >= 0.6 is 0 Å². The molecule has 14 heteroatoms. The number of carbonyl (C=O) groups is 2. The molecule has 4 aromatic rings. The number of unbranched alkanes of at least 4 members (excludes halogenated alkanes) is 12. The summed E-state index contributed by atoms with van der Waals surface area (Å²) in [5.41, 5.74) is 3.70. The van der Waals surface area contributed by atoms with Crippen LogP contribution in [0.5, 0.6) is 11.5 Å². The minimum Gasteiger partial charge on any atom is -0.490 e. The highest BCUT2D eigenvalue weighted by Gasteiger charge is 2.29. The van der Waals surface area contributed by atoms with Crippen molar-refractivity contribution < 1.29 is 47.5 Å². The molecule has 3 heterocycles. The van der Waals surface area contributed by atoms with E-state index in [0.29, 0.717) is 76.0 Å². The van der Waals surface area contributed by atoms with Crippen molar-refractivity contribution in [1.29, 1.82) is 0 Å². The first-order chi connectivity index (χ1) is 31.5. The standard InChI is InChI=1S/C50H64N4O10/c1-3-45(55)59-29-17-13-9-5-7-11-15-27-57-43-33-51-47(52-34-43)41-23-19-39(20-24-41)37-63-49-50(62-32-31-61-49)64-38-40-21-25-42(26-22-40)48-53-35-44(36-54-48)58-28-16-12-8-6-10-14-18-30-60-46(56)4-2/h3-4,19-26,33-36,49-50H,1-2,5-18,27-32,37-38H2/t49-,50-/m0/s1. The van der Waals surface area contributed by atoms with Crippen molar-refractivity contribution in [1.82, 2.24) is 19.9 Å². The maximum atomic E-state index is 11.0. The van der Waals surface area contributed by atoms with Gasteiger partial charge in [-0.05, 0) is 36.8 Å². The van der Waals surface area contributed by atoms with Crippen LogP contribution in [0, 0.1) is 0 Å². The topological polar surface area (TPSA) is 160 Å². The summed E-state index contributed by atoms with van der Waals surface area (Å²) in [5, 5.41) is 0. The summed E-state index contributed by atoms with van der Waals surface area (Å²) in [7, 11) is 0. The lowest BCUT2D eigenvalue weighted by molar-refractivity contribution is -0.326. The Morgan fingerprint density at radius 2 is 0.828 bits per heavy atom. The Morgan fingerprint density at radius 1 is 0.500 bits per heavy atom. The summed E-state index contributed by atoms with van der Waals surface area (Å²) in [6.45, 7) is 10.4. The summed E-state index contributed by atoms with van der Waals surface area (Å²) in [6.07, 6.45) is 22.8. The van der Waals surface area contributed by atoms with Gasteiger partial charge < -0.3 is 37.9 Å². The van der Waals surface area contributed by atoms with E-state index in [9.17, 15) is 9.59 Å². The highest BCUT2D eigenvalue weighted by molar-refractivity contribution is 5.81. The number of hydrogen-bond acceptors (Lipinski definition) is 14. The predicted molar refractivity (Wildman–Crippen MR) is 242 cm³/mol. The second kappa shape index (κ2) is 29.8. The van der Waals surface area contributed by atoms with Gasteiger partial charge in [-0.2, -0.15) is 0 Å². The lowest BCUT2D eigenvalue weighted by atomic mass is 10.1. The predicted octanol–water partition coefficient (Wildman–Crippen LogP) is 9.71. The zero-order valence-electron chi connectivity index (χ0n) is 37.1. The highest BCUT2D eigenvalue weighted by atomic mass is 16.8. The molecule has 0 spiro atoms. The molecule has 1 fully saturated rings. The zero-order valence-corrected chi connectivity index (χ0v) is 37.1. The number of esters is 2. The Balaban J connectivity index is 0.928. The third-order valence-corrected chi connectivity index (χ3v) is 10.3.